The summed E-state index contributed by atoms with van der Waals surface area (Å²) >= 11 is 0. The molecule has 98 valence electrons. The third-order valence-electron chi connectivity index (χ3n) is 2.18. The minimum atomic E-state index is -4.35. The maximum atomic E-state index is 11.3. The largest absolute Gasteiger partial charge is 1.00 e. The number of hydrogen-bond acceptors (Lipinski definition) is 5. The zero-order valence-electron chi connectivity index (χ0n) is 10.9. The SMILES string of the molecule is CC(=O)CC([O-])=Nc1cccc(S(=O)(=O)O)c1C.[Na+]. The van der Waals surface area contributed by atoms with Crippen LogP contribution in [-0.4, -0.2) is 24.7 Å². The van der Waals surface area contributed by atoms with Crippen molar-refractivity contribution in [3.63, 3.8) is 0 Å². The van der Waals surface area contributed by atoms with Gasteiger partial charge in [-0.1, -0.05) is 6.07 Å². The number of nitrogens with zero attached hydrogens (tertiary/aromatic N) is 1. The van der Waals surface area contributed by atoms with E-state index in [-0.39, 0.29) is 57.9 Å². The summed E-state index contributed by atoms with van der Waals surface area (Å²) in [6.07, 6.45) is -0.338. The zero-order chi connectivity index (χ0) is 13.9. The van der Waals surface area contributed by atoms with Crippen molar-refractivity contribution in [1.82, 2.24) is 0 Å². The summed E-state index contributed by atoms with van der Waals surface area (Å²) < 4.78 is 31.1. The van der Waals surface area contributed by atoms with Crippen molar-refractivity contribution in [2.45, 2.75) is 25.2 Å². The number of benzene rings is 1. The Labute approximate surface area is 133 Å². The number of aliphatic imine (C=N–C) groups is 1. The number of ketones is 1. The Morgan fingerprint density at radius 2 is 2.00 bits per heavy atom. The fraction of sp³-hybridized carbons (Fsp3) is 0.273. The standard InChI is InChI=1S/C11H13NO5S.Na/c1-7(13)6-11(14)12-9-4-3-5-10(8(9)2)18(15,16)17;/h3-5H,6H2,1-2H3,(H,12,14)(H,15,16,17);/q;+1/p-1. The van der Waals surface area contributed by atoms with Crippen LogP contribution < -0.4 is 34.7 Å². The van der Waals surface area contributed by atoms with Crippen LogP contribution in [0.2, 0.25) is 0 Å². The van der Waals surface area contributed by atoms with Gasteiger partial charge in [0, 0.05) is 6.42 Å². The van der Waals surface area contributed by atoms with E-state index >= 15 is 0 Å². The molecule has 0 saturated heterocycles. The van der Waals surface area contributed by atoms with E-state index in [9.17, 15) is 18.3 Å². The third kappa shape index (κ3) is 5.42. The number of rotatable bonds is 4. The first kappa shape index (κ1) is 18.3. The van der Waals surface area contributed by atoms with Crippen molar-refractivity contribution in [2.24, 2.45) is 4.99 Å². The van der Waals surface area contributed by atoms with Crippen LogP contribution in [0.1, 0.15) is 18.9 Å². The monoisotopic (exact) mass is 293 g/mol. The molecule has 1 N–H and O–H groups in total. The molecule has 0 unspecified atom stereocenters. The molecule has 8 heteroatoms. The molecule has 19 heavy (non-hydrogen) atoms. The molecular weight excluding hydrogens is 281 g/mol. The number of carbonyl (C=O) groups excluding carboxylic acids is 1. The minimum Gasteiger partial charge on any atom is -0.861 e. The van der Waals surface area contributed by atoms with Crippen molar-refractivity contribution in [1.29, 1.82) is 0 Å². The molecule has 1 aromatic rings. The van der Waals surface area contributed by atoms with Gasteiger partial charge in [0.05, 0.1) is 10.6 Å². The molecule has 6 nitrogen and oxygen atoms in total. The van der Waals surface area contributed by atoms with Gasteiger partial charge in [0.15, 0.2) is 0 Å². The molecule has 1 aromatic carbocycles. The van der Waals surface area contributed by atoms with Gasteiger partial charge < -0.3 is 5.11 Å². The summed E-state index contributed by atoms with van der Waals surface area (Å²) in [5.41, 5.74) is 0.285. The molecule has 0 aliphatic rings. The summed E-state index contributed by atoms with van der Waals surface area (Å²) in [5, 5.41) is 11.3. The van der Waals surface area contributed by atoms with Crippen LogP contribution in [0.3, 0.4) is 0 Å². The molecule has 0 radical (unpaired) electrons. The summed E-state index contributed by atoms with van der Waals surface area (Å²) in [4.78, 5) is 14.1. The molecule has 0 aliphatic heterocycles. The molecule has 0 aromatic heterocycles. The minimum absolute atomic E-state index is 0. The Balaban J connectivity index is 0.00000324. The van der Waals surface area contributed by atoms with E-state index in [0.29, 0.717) is 0 Å². The van der Waals surface area contributed by atoms with Gasteiger partial charge in [-0.15, -0.1) is 0 Å². The van der Waals surface area contributed by atoms with E-state index in [1.54, 1.807) is 0 Å². The van der Waals surface area contributed by atoms with Gasteiger partial charge in [0.25, 0.3) is 10.1 Å². The Morgan fingerprint density at radius 3 is 2.47 bits per heavy atom. The van der Waals surface area contributed by atoms with Gasteiger partial charge >= 0.3 is 29.6 Å². The fourth-order valence-electron chi connectivity index (χ4n) is 1.39. The predicted molar refractivity (Wildman–Crippen MR) is 63.4 cm³/mol. The summed E-state index contributed by atoms with van der Waals surface area (Å²) in [6.45, 7) is 2.68. The van der Waals surface area contributed by atoms with E-state index in [1.165, 1.54) is 32.0 Å². The van der Waals surface area contributed by atoms with E-state index in [0.717, 1.165) is 0 Å². The van der Waals surface area contributed by atoms with Gasteiger partial charge in [-0.3, -0.25) is 14.3 Å². The zero-order valence-corrected chi connectivity index (χ0v) is 13.7. The van der Waals surface area contributed by atoms with Crippen LogP contribution in [-0.2, 0) is 14.9 Å². The molecule has 0 atom stereocenters. The van der Waals surface area contributed by atoms with Crippen LogP contribution in [0.5, 0.6) is 0 Å². The van der Waals surface area contributed by atoms with Crippen molar-refractivity contribution in [3.05, 3.63) is 23.8 Å². The first-order valence-electron chi connectivity index (χ1n) is 5.03. The second kappa shape index (κ2) is 7.16. The molecule has 0 bridgehead atoms. The predicted octanol–water partition coefficient (Wildman–Crippen LogP) is -2.38. The van der Waals surface area contributed by atoms with Gasteiger partial charge in [-0.2, -0.15) is 8.42 Å². The van der Waals surface area contributed by atoms with Crippen LogP contribution in [0.4, 0.5) is 5.69 Å². The molecule has 1 rings (SSSR count). The van der Waals surface area contributed by atoms with Crippen LogP contribution >= 0.6 is 0 Å². The fourth-order valence-corrected chi connectivity index (χ4v) is 2.13. The third-order valence-corrected chi connectivity index (χ3v) is 3.18. The Hall–Kier alpha value is -0.730. The maximum Gasteiger partial charge on any atom is 1.00 e. The smallest absolute Gasteiger partial charge is 0.861 e. The molecule has 0 amide bonds. The van der Waals surface area contributed by atoms with Crippen LogP contribution in [0.15, 0.2) is 28.1 Å². The van der Waals surface area contributed by atoms with E-state index < -0.39 is 16.0 Å². The van der Waals surface area contributed by atoms with Crippen LogP contribution in [0.25, 0.3) is 0 Å². The average molecular weight is 293 g/mol. The Bertz CT molecular complexity index is 610. The van der Waals surface area contributed by atoms with Gasteiger partial charge in [0.2, 0.25) is 0 Å². The average Bonchev–Trinajstić information content (AvgIpc) is 2.18. The molecule has 0 spiro atoms. The second-order valence-electron chi connectivity index (χ2n) is 3.76. The Kier molecular flexibility index (Phi) is 6.88. The van der Waals surface area contributed by atoms with Crippen molar-refractivity contribution in [2.75, 3.05) is 0 Å². The van der Waals surface area contributed by atoms with E-state index in [1.807, 2.05) is 0 Å². The number of Topliss-reactive ketones (excluding diaryl/α,β-unsaturated/α-hetero) is 1. The Morgan fingerprint density at radius 1 is 1.42 bits per heavy atom. The summed E-state index contributed by atoms with van der Waals surface area (Å²) in [6, 6.07) is 4.00. The van der Waals surface area contributed by atoms with E-state index in [4.69, 9.17) is 4.55 Å². The second-order valence-corrected chi connectivity index (χ2v) is 5.15. The summed E-state index contributed by atoms with van der Waals surface area (Å²) in [7, 11) is -4.35. The first-order chi connectivity index (χ1) is 8.21. The van der Waals surface area contributed by atoms with Crippen LogP contribution in [0, 0.1) is 6.92 Å². The molecule has 0 fully saturated rings. The van der Waals surface area contributed by atoms with E-state index in [2.05, 4.69) is 4.99 Å². The number of carbonyl (C=O) groups is 1. The first-order valence-corrected chi connectivity index (χ1v) is 6.47. The topological polar surface area (TPSA) is 107 Å². The molecule has 0 aliphatic carbocycles. The quantitative estimate of drug-likeness (QED) is 0.289. The molecular formula is C11H12NNaO5S. The van der Waals surface area contributed by atoms with Gasteiger partial charge in [0.1, 0.15) is 5.78 Å². The van der Waals surface area contributed by atoms with Crippen molar-refractivity contribution < 1.29 is 52.4 Å². The molecule has 0 heterocycles. The number of hydrogen-bond donors (Lipinski definition) is 1. The van der Waals surface area contributed by atoms with Crippen molar-refractivity contribution in [3.8, 4) is 0 Å². The molecule has 0 saturated carbocycles. The maximum absolute atomic E-state index is 11.3. The normalized spacial score (nSPS) is 11.8. The van der Waals surface area contributed by atoms with Crippen molar-refractivity contribution >= 4 is 27.5 Å². The summed E-state index contributed by atoms with van der Waals surface area (Å²) in [5.74, 6) is -0.981. The van der Waals surface area contributed by atoms with Gasteiger partial charge in [-0.25, -0.2) is 0 Å². The van der Waals surface area contributed by atoms with Gasteiger partial charge in [-0.05, 0) is 37.4 Å².